The summed E-state index contributed by atoms with van der Waals surface area (Å²) in [4.78, 5) is 12.0. The van der Waals surface area contributed by atoms with E-state index >= 15 is 0 Å². The molecule has 1 aliphatic heterocycles. The first-order valence-electron chi connectivity index (χ1n) is 6.98. The Morgan fingerprint density at radius 2 is 2.17 bits per heavy atom. The lowest BCUT2D eigenvalue weighted by atomic mass is 10.1. The minimum atomic E-state index is -3.32. The van der Waals surface area contributed by atoms with Crippen LogP contribution in [0.3, 0.4) is 0 Å². The number of thioether (sulfide) groups is 1. The Balaban J connectivity index is 1.84. The third-order valence-corrected chi connectivity index (χ3v) is 7.29. The van der Waals surface area contributed by atoms with Crippen molar-refractivity contribution in [1.82, 2.24) is 19.8 Å². The van der Waals surface area contributed by atoms with Crippen molar-refractivity contribution in [2.45, 2.75) is 17.3 Å². The highest BCUT2D eigenvalue weighted by Gasteiger charge is 2.34. The molecule has 1 aromatic rings. The van der Waals surface area contributed by atoms with Gasteiger partial charge in [-0.3, -0.25) is 4.79 Å². The summed E-state index contributed by atoms with van der Waals surface area (Å²) in [6.07, 6.45) is 0. The Labute approximate surface area is 144 Å². The van der Waals surface area contributed by atoms with Crippen LogP contribution in [0.25, 0.3) is 0 Å². The Bertz CT molecular complexity index is 646. The first-order chi connectivity index (χ1) is 10.8. The molecule has 0 bridgehead atoms. The number of ether oxygens (including phenoxy) is 1. The summed E-state index contributed by atoms with van der Waals surface area (Å²) in [5, 5.41) is 11.5. The second kappa shape index (κ2) is 7.88. The van der Waals surface area contributed by atoms with Crippen LogP contribution in [0.5, 0.6) is 0 Å². The third-order valence-electron chi connectivity index (χ3n) is 3.36. The van der Waals surface area contributed by atoms with E-state index in [0.29, 0.717) is 13.2 Å². The number of rotatable bonds is 7. The van der Waals surface area contributed by atoms with Crippen molar-refractivity contribution < 1.29 is 17.9 Å². The summed E-state index contributed by atoms with van der Waals surface area (Å²) in [6.45, 7) is 2.52. The topological polar surface area (TPSA) is 101 Å². The van der Waals surface area contributed by atoms with Gasteiger partial charge in [0.15, 0.2) is 4.34 Å². The van der Waals surface area contributed by atoms with E-state index in [9.17, 15) is 13.2 Å². The van der Waals surface area contributed by atoms with Gasteiger partial charge in [-0.25, -0.2) is 12.7 Å². The van der Waals surface area contributed by atoms with Crippen molar-refractivity contribution in [1.29, 1.82) is 0 Å². The average Bonchev–Trinajstić information content (AvgIpc) is 3.06. The number of aryl methyl sites for hydroxylation is 1. The molecule has 1 amide bonds. The van der Waals surface area contributed by atoms with Crippen molar-refractivity contribution in [2.24, 2.45) is 5.92 Å². The molecule has 2 rings (SSSR count). The highest BCUT2D eigenvalue weighted by molar-refractivity contribution is 8.01. The van der Waals surface area contributed by atoms with Gasteiger partial charge < -0.3 is 10.1 Å². The van der Waals surface area contributed by atoms with Crippen LogP contribution in [-0.4, -0.2) is 73.7 Å². The predicted molar refractivity (Wildman–Crippen MR) is 89.1 cm³/mol. The van der Waals surface area contributed by atoms with Gasteiger partial charge >= 0.3 is 0 Å². The molecule has 1 fully saturated rings. The first-order valence-corrected chi connectivity index (χ1v) is 10.4. The Hall–Kier alpha value is -0.750. The van der Waals surface area contributed by atoms with E-state index in [1.165, 1.54) is 41.5 Å². The monoisotopic (exact) mass is 380 g/mol. The molecule has 2 heterocycles. The van der Waals surface area contributed by atoms with Crippen LogP contribution in [0.15, 0.2) is 4.34 Å². The lowest BCUT2D eigenvalue weighted by Crippen LogP contribution is -2.44. The summed E-state index contributed by atoms with van der Waals surface area (Å²) in [7, 11) is -0.324. The predicted octanol–water partition coefficient (Wildman–Crippen LogP) is -0.0388. The molecular weight excluding hydrogens is 360 g/mol. The van der Waals surface area contributed by atoms with Crippen LogP contribution in [-0.2, 0) is 19.6 Å². The number of aromatic nitrogens is 2. The zero-order chi connectivity index (χ0) is 17.0. The summed E-state index contributed by atoms with van der Waals surface area (Å²) >= 11 is 2.75. The molecule has 1 aliphatic rings. The van der Waals surface area contributed by atoms with Crippen molar-refractivity contribution in [3.05, 3.63) is 5.01 Å². The van der Waals surface area contributed by atoms with Crippen LogP contribution < -0.4 is 5.32 Å². The maximum Gasteiger partial charge on any atom is 0.230 e. The fraction of sp³-hybridized carbons (Fsp3) is 0.750. The average molecular weight is 381 g/mol. The highest BCUT2D eigenvalue weighted by atomic mass is 32.2. The number of hydrogen-bond donors (Lipinski definition) is 1. The molecule has 11 heteroatoms. The Kier molecular flexibility index (Phi) is 6.37. The molecule has 0 saturated carbocycles. The highest BCUT2D eigenvalue weighted by Crippen LogP contribution is 2.22. The van der Waals surface area contributed by atoms with E-state index in [-0.39, 0.29) is 29.4 Å². The van der Waals surface area contributed by atoms with E-state index in [1.54, 1.807) is 0 Å². The number of amides is 1. The maximum atomic E-state index is 12.0. The van der Waals surface area contributed by atoms with Crippen molar-refractivity contribution in [2.75, 3.05) is 38.8 Å². The molecular formula is C12H20N4O4S3. The summed E-state index contributed by atoms with van der Waals surface area (Å²) in [6, 6.07) is -0.283. The fourth-order valence-corrected chi connectivity index (χ4v) is 4.85. The molecule has 0 aliphatic carbocycles. The van der Waals surface area contributed by atoms with Gasteiger partial charge in [0, 0.05) is 20.0 Å². The van der Waals surface area contributed by atoms with Crippen molar-refractivity contribution >= 4 is 39.0 Å². The molecule has 1 saturated heterocycles. The third kappa shape index (κ3) is 5.38. The molecule has 23 heavy (non-hydrogen) atoms. The van der Waals surface area contributed by atoms with Gasteiger partial charge in [0.1, 0.15) is 5.01 Å². The van der Waals surface area contributed by atoms with Crippen LogP contribution in [0.4, 0.5) is 0 Å². The van der Waals surface area contributed by atoms with E-state index < -0.39 is 10.0 Å². The minimum absolute atomic E-state index is 0.0340. The van der Waals surface area contributed by atoms with E-state index in [0.717, 1.165) is 9.35 Å². The van der Waals surface area contributed by atoms with Crippen LogP contribution in [0, 0.1) is 12.8 Å². The van der Waals surface area contributed by atoms with Crippen LogP contribution in [0.1, 0.15) is 5.01 Å². The number of nitrogens with zero attached hydrogens (tertiary/aromatic N) is 3. The molecule has 0 radical (unpaired) electrons. The number of sulfonamides is 1. The second-order valence-electron chi connectivity index (χ2n) is 5.41. The summed E-state index contributed by atoms with van der Waals surface area (Å²) in [5.74, 6) is -0.211. The molecule has 0 unspecified atom stereocenters. The molecule has 0 aromatic carbocycles. The van der Waals surface area contributed by atoms with Gasteiger partial charge in [-0.2, -0.15) is 0 Å². The molecule has 1 aromatic heterocycles. The van der Waals surface area contributed by atoms with E-state index in [4.69, 9.17) is 4.74 Å². The number of carbonyl (C=O) groups is 1. The van der Waals surface area contributed by atoms with Crippen LogP contribution in [0.2, 0.25) is 0 Å². The molecule has 0 spiro atoms. The fourth-order valence-electron chi connectivity index (χ4n) is 2.05. The van der Waals surface area contributed by atoms with E-state index in [1.807, 2.05) is 6.92 Å². The number of hydrogen-bond acceptors (Lipinski definition) is 8. The Morgan fingerprint density at radius 1 is 1.43 bits per heavy atom. The lowest BCUT2D eigenvalue weighted by molar-refractivity contribution is -0.119. The minimum Gasteiger partial charge on any atom is -0.379 e. The van der Waals surface area contributed by atoms with Gasteiger partial charge in [-0.15, -0.1) is 10.2 Å². The van der Waals surface area contributed by atoms with Gasteiger partial charge in [0.2, 0.25) is 15.9 Å². The van der Waals surface area contributed by atoms with Gasteiger partial charge in [-0.1, -0.05) is 23.1 Å². The summed E-state index contributed by atoms with van der Waals surface area (Å²) < 4.78 is 31.2. The number of carbonyl (C=O) groups excluding carboxylic acids is 1. The standard InChI is InChI=1S/C12H20N4O4S3/c1-8-14-15-12(22-8)21-6-11(17)13-10-5-20-4-9(10)7-23(18,19)16(2)3/h9-10H,4-7H2,1-3H3,(H,13,17)/t9-,10-/m0/s1. The lowest BCUT2D eigenvalue weighted by Gasteiger charge is -2.20. The number of nitrogens with one attached hydrogen (secondary N) is 1. The molecule has 8 nitrogen and oxygen atoms in total. The summed E-state index contributed by atoms with van der Waals surface area (Å²) in [5.41, 5.74) is 0. The van der Waals surface area contributed by atoms with Crippen molar-refractivity contribution in [3.8, 4) is 0 Å². The smallest absolute Gasteiger partial charge is 0.230 e. The maximum absolute atomic E-state index is 12.0. The zero-order valence-electron chi connectivity index (χ0n) is 13.2. The molecule has 2 atom stereocenters. The first kappa shape index (κ1) is 18.6. The quantitative estimate of drug-likeness (QED) is 0.662. The van der Waals surface area contributed by atoms with Gasteiger partial charge in [0.25, 0.3) is 0 Å². The van der Waals surface area contributed by atoms with Gasteiger partial charge in [-0.05, 0) is 6.92 Å². The van der Waals surface area contributed by atoms with E-state index in [2.05, 4.69) is 15.5 Å². The second-order valence-corrected chi connectivity index (χ2v) is 10.0. The van der Waals surface area contributed by atoms with Crippen LogP contribution >= 0.6 is 23.1 Å². The Morgan fingerprint density at radius 3 is 2.78 bits per heavy atom. The largest absolute Gasteiger partial charge is 0.379 e. The molecule has 1 N–H and O–H groups in total. The molecule has 130 valence electrons. The van der Waals surface area contributed by atoms with Crippen molar-refractivity contribution in [3.63, 3.8) is 0 Å². The SMILES string of the molecule is Cc1nnc(SCC(=O)N[C@H]2COC[C@H]2CS(=O)(=O)N(C)C)s1. The van der Waals surface area contributed by atoms with Gasteiger partial charge in [0.05, 0.1) is 30.8 Å². The normalized spacial score (nSPS) is 21.7. The zero-order valence-corrected chi connectivity index (χ0v) is 15.6.